The monoisotopic (exact) mass is 285 g/mol. The van der Waals surface area contributed by atoms with Crippen molar-refractivity contribution in [3.05, 3.63) is 36.7 Å². The molecule has 0 aliphatic carbocycles. The minimum atomic E-state index is -0.0871. The third-order valence-electron chi connectivity index (χ3n) is 2.58. The van der Waals surface area contributed by atoms with E-state index in [0.717, 1.165) is 17.2 Å². The van der Waals surface area contributed by atoms with E-state index in [-0.39, 0.29) is 5.91 Å². The highest BCUT2D eigenvalue weighted by Gasteiger charge is 2.01. The average molecular weight is 285 g/mol. The van der Waals surface area contributed by atoms with Gasteiger partial charge in [0.15, 0.2) is 0 Å². The summed E-state index contributed by atoms with van der Waals surface area (Å²) in [5, 5.41) is 9.14. The van der Waals surface area contributed by atoms with Gasteiger partial charge in [-0.25, -0.2) is 9.97 Å². The number of nitrogens with zero attached hydrogens (tertiary/aromatic N) is 2. The standard InChI is InChI=1S/C15H19N5O/c1-10(2)18-14-8-15(17-9-16-14)20-13-6-4-12(5-7-13)19-11(3)21/h4-10H,1-3H3,(H,19,21)(H2,16,17,18,20). The van der Waals surface area contributed by atoms with Crippen molar-refractivity contribution in [1.29, 1.82) is 0 Å². The Hall–Kier alpha value is -2.63. The lowest BCUT2D eigenvalue weighted by Gasteiger charge is -2.11. The summed E-state index contributed by atoms with van der Waals surface area (Å²) in [6.07, 6.45) is 1.51. The summed E-state index contributed by atoms with van der Waals surface area (Å²) in [6, 6.07) is 9.58. The van der Waals surface area contributed by atoms with Crippen LogP contribution in [-0.2, 0) is 4.79 Å². The van der Waals surface area contributed by atoms with Crippen LogP contribution in [0.2, 0.25) is 0 Å². The number of hydrogen-bond donors (Lipinski definition) is 3. The molecule has 3 N–H and O–H groups in total. The van der Waals surface area contributed by atoms with Crippen LogP contribution in [0.1, 0.15) is 20.8 Å². The molecule has 0 radical (unpaired) electrons. The molecule has 0 aliphatic rings. The number of benzene rings is 1. The molecule has 0 saturated carbocycles. The maximum atomic E-state index is 11.0. The van der Waals surface area contributed by atoms with Gasteiger partial charge in [-0.05, 0) is 38.1 Å². The van der Waals surface area contributed by atoms with E-state index in [9.17, 15) is 4.79 Å². The number of aromatic nitrogens is 2. The van der Waals surface area contributed by atoms with Gasteiger partial charge in [-0.1, -0.05) is 0 Å². The van der Waals surface area contributed by atoms with Crippen molar-refractivity contribution in [2.45, 2.75) is 26.8 Å². The molecule has 21 heavy (non-hydrogen) atoms. The van der Waals surface area contributed by atoms with Crippen molar-refractivity contribution in [3.8, 4) is 0 Å². The number of carbonyl (C=O) groups excluding carboxylic acids is 1. The van der Waals surface area contributed by atoms with Gasteiger partial charge in [0.1, 0.15) is 18.0 Å². The minimum absolute atomic E-state index is 0.0871. The molecule has 6 heteroatoms. The van der Waals surface area contributed by atoms with E-state index in [1.54, 1.807) is 0 Å². The Labute approximate surface area is 124 Å². The number of nitrogens with one attached hydrogen (secondary N) is 3. The summed E-state index contributed by atoms with van der Waals surface area (Å²) >= 11 is 0. The average Bonchev–Trinajstić information content (AvgIpc) is 2.40. The third kappa shape index (κ3) is 4.76. The quantitative estimate of drug-likeness (QED) is 0.787. The van der Waals surface area contributed by atoms with Gasteiger partial charge < -0.3 is 16.0 Å². The Bertz CT molecular complexity index is 610. The zero-order valence-electron chi connectivity index (χ0n) is 12.3. The second-order valence-corrected chi connectivity index (χ2v) is 4.97. The van der Waals surface area contributed by atoms with Crippen LogP contribution in [0.25, 0.3) is 0 Å². The number of rotatable bonds is 5. The van der Waals surface area contributed by atoms with Crippen molar-refractivity contribution in [1.82, 2.24) is 9.97 Å². The second kappa shape index (κ2) is 6.69. The van der Waals surface area contributed by atoms with Crippen molar-refractivity contribution < 1.29 is 4.79 Å². The third-order valence-corrected chi connectivity index (χ3v) is 2.58. The molecule has 0 bridgehead atoms. The first-order valence-corrected chi connectivity index (χ1v) is 6.76. The summed E-state index contributed by atoms with van der Waals surface area (Å²) in [5.41, 5.74) is 1.65. The molecule has 0 aliphatic heterocycles. The van der Waals surface area contributed by atoms with Crippen molar-refractivity contribution in [3.63, 3.8) is 0 Å². The van der Waals surface area contributed by atoms with E-state index in [1.165, 1.54) is 13.3 Å². The lowest BCUT2D eigenvalue weighted by atomic mass is 10.2. The number of amides is 1. The molecular weight excluding hydrogens is 266 g/mol. The molecule has 1 aromatic heterocycles. The van der Waals surface area contributed by atoms with Gasteiger partial charge in [0, 0.05) is 30.4 Å². The van der Waals surface area contributed by atoms with Crippen molar-refractivity contribution in [2.75, 3.05) is 16.0 Å². The summed E-state index contributed by atoms with van der Waals surface area (Å²) in [7, 11) is 0. The second-order valence-electron chi connectivity index (χ2n) is 4.97. The summed E-state index contributed by atoms with van der Waals surface area (Å²) in [4.78, 5) is 19.3. The van der Waals surface area contributed by atoms with Gasteiger partial charge in [0.25, 0.3) is 0 Å². The maximum Gasteiger partial charge on any atom is 0.221 e. The summed E-state index contributed by atoms with van der Waals surface area (Å²) in [5.74, 6) is 1.40. The Balaban J connectivity index is 2.05. The van der Waals surface area contributed by atoms with E-state index >= 15 is 0 Å². The Morgan fingerprint density at radius 2 is 1.67 bits per heavy atom. The van der Waals surface area contributed by atoms with Gasteiger partial charge in [0.2, 0.25) is 5.91 Å². The molecule has 0 saturated heterocycles. The molecule has 2 rings (SSSR count). The Kier molecular flexibility index (Phi) is 4.71. The Morgan fingerprint density at radius 1 is 1.05 bits per heavy atom. The van der Waals surface area contributed by atoms with Gasteiger partial charge >= 0.3 is 0 Å². The number of carbonyl (C=O) groups is 1. The van der Waals surface area contributed by atoms with E-state index in [1.807, 2.05) is 30.3 Å². The normalized spacial score (nSPS) is 10.3. The van der Waals surface area contributed by atoms with Crippen LogP contribution >= 0.6 is 0 Å². The molecule has 0 fully saturated rings. The van der Waals surface area contributed by atoms with Crippen LogP contribution in [-0.4, -0.2) is 21.9 Å². The molecule has 2 aromatic rings. The van der Waals surface area contributed by atoms with E-state index in [2.05, 4.69) is 39.8 Å². The zero-order chi connectivity index (χ0) is 15.2. The molecule has 6 nitrogen and oxygen atoms in total. The summed E-state index contributed by atoms with van der Waals surface area (Å²) in [6.45, 7) is 5.59. The first kappa shape index (κ1) is 14.8. The van der Waals surface area contributed by atoms with Gasteiger partial charge in [-0.3, -0.25) is 4.79 Å². The highest BCUT2D eigenvalue weighted by Crippen LogP contribution is 2.18. The van der Waals surface area contributed by atoms with E-state index in [4.69, 9.17) is 0 Å². The van der Waals surface area contributed by atoms with Crippen molar-refractivity contribution in [2.24, 2.45) is 0 Å². The van der Waals surface area contributed by atoms with Crippen LogP contribution in [0.4, 0.5) is 23.0 Å². The van der Waals surface area contributed by atoms with Crippen molar-refractivity contribution >= 4 is 28.9 Å². The van der Waals surface area contributed by atoms with E-state index in [0.29, 0.717) is 11.9 Å². The highest BCUT2D eigenvalue weighted by atomic mass is 16.1. The fraction of sp³-hybridized carbons (Fsp3) is 0.267. The highest BCUT2D eigenvalue weighted by molar-refractivity contribution is 5.88. The topological polar surface area (TPSA) is 78.9 Å². The molecule has 0 spiro atoms. The van der Waals surface area contributed by atoms with Crippen LogP contribution < -0.4 is 16.0 Å². The minimum Gasteiger partial charge on any atom is -0.368 e. The van der Waals surface area contributed by atoms with Gasteiger partial charge in [-0.2, -0.15) is 0 Å². The Morgan fingerprint density at radius 3 is 2.29 bits per heavy atom. The lowest BCUT2D eigenvalue weighted by Crippen LogP contribution is -2.11. The first-order valence-electron chi connectivity index (χ1n) is 6.76. The predicted molar refractivity (Wildman–Crippen MR) is 84.8 cm³/mol. The smallest absolute Gasteiger partial charge is 0.221 e. The summed E-state index contributed by atoms with van der Waals surface area (Å²) < 4.78 is 0. The van der Waals surface area contributed by atoms with Crippen LogP contribution in [0.5, 0.6) is 0 Å². The zero-order valence-corrected chi connectivity index (χ0v) is 12.3. The van der Waals surface area contributed by atoms with Crippen LogP contribution in [0.3, 0.4) is 0 Å². The molecule has 110 valence electrons. The van der Waals surface area contributed by atoms with Crippen LogP contribution in [0, 0.1) is 0 Å². The fourth-order valence-corrected chi connectivity index (χ4v) is 1.79. The molecule has 1 heterocycles. The predicted octanol–water partition coefficient (Wildman–Crippen LogP) is 3.00. The molecule has 0 unspecified atom stereocenters. The first-order chi connectivity index (χ1) is 10.0. The van der Waals surface area contributed by atoms with Gasteiger partial charge in [0.05, 0.1) is 0 Å². The van der Waals surface area contributed by atoms with Crippen LogP contribution in [0.15, 0.2) is 36.7 Å². The number of anilines is 4. The lowest BCUT2D eigenvalue weighted by molar-refractivity contribution is -0.114. The van der Waals surface area contributed by atoms with Gasteiger partial charge in [-0.15, -0.1) is 0 Å². The SMILES string of the molecule is CC(=O)Nc1ccc(Nc2cc(NC(C)C)ncn2)cc1. The fourth-order valence-electron chi connectivity index (χ4n) is 1.79. The maximum absolute atomic E-state index is 11.0. The molecule has 1 aromatic carbocycles. The molecule has 1 amide bonds. The number of hydrogen-bond acceptors (Lipinski definition) is 5. The largest absolute Gasteiger partial charge is 0.368 e. The molecular formula is C15H19N5O. The molecule has 0 atom stereocenters. The van der Waals surface area contributed by atoms with E-state index < -0.39 is 0 Å².